The molecule has 0 aliphatic carbocycles. The SMILES string of the molecule is COc1cc(Cl)c(C)cc1N(CC(=O)Nc1ccc(Cl)cc1C)C(C)=O. The summed E-state index contributed by atoms with van der Waals surface area (Å²) in [6.07, 6.45) is 0. The molecule has 2 amide bonds. The summed E-state index contributed by atoms with van der Waals surface area (Å²) in [4.78, 5) is 26.0. The van der Waals surface area contributed by atoms with Gasteiger partial charge >= 0.3 is 0 Å². The number of methoxy groups -OCH3 is 1. The Morgan fingerprint density at radius 1 is 1.12 bits per heavy atom. The summed E-state index contributed by atoms with van der Waals surface area (Å²) in [5.74, 6) is -0.195. The van der Waals surface area contributed by atoms with Crippen molar-refractivity contribution in [2.24, 2.45) is 0 Å². The van der Waals surface area contributed by atoms with Gasteiger partial charge in [-0.25, -0.2) is 0 Å². The molecule has 0 radical (unpaired) electrons. The van der Waals surface area contributed by atoms with Crippen LogP contribution in [0.25, 0.3) is 0 Å². The standard InChI is InChI=1S/C19H20Cl2N2O3/c1-11-8-17(18(26-4)9-15(11)21)23(13(3)24)10-19(25)22-16-6-5-14(20)7-12(16)2/h5-9H,10H2,1-4H3,(H,22,25). The Kier molecular flexibility index (Phi) is 6.51. The molecule has 2 aromatic carbocycles. The number of rotatable bonds is 5. The fourth-order valence-corrected chi connectivity index (χ4v) is 2.87. The molecule has 0 bridgehead atoms. The molecule has 0 spiro atoms. The molecule has 7 heteroatoms. The number of carbonyl (C=O) groups is 2. The molecule has 138 valence electrons. The number of amides is 2. The van der Waals surface area contributed by atoms with Gasteiger partial charge in [0.05, 0.1) is 12.8 Å². The zero-order valence-corrected chi connectivity index (χ0v) is 16.5. The molecule has 1 N–H and O–H groups in total. The molecule has 0 fully saturated rings. The number of anilines is 2. The number of ether oxygens (including phenoxy) is 1. The first-order chi connectivity index (χ1) is 12.2. The van der Waals surface area contributed by atoms with Gasteiger partial charge in [-0.1, -0.05) is 23.2 Å². The summed E-state index contributed by atoms with van der Waals surface area (Å²) < 4.78 is 5.32. The van der Waals surface area contributed by atoms with Crippen LogP contribution in [0.5, 0.6) is 5.75 Å². The Bertz CT molecular complexity index is 853. The van der Waals surface area contributed by atoms with Crippen LogP contribution in [0.2, 0.25) is 10.0 Å². The maximum atomic E-state index is 12.5. The van der Waals surface area contributed by atoms with Crippen molar-refractivity contribution in [3.8, 4) is 5.75 Å². The third-order valence-electron chi connectivity index (χ3n) is 3.90. The van der Waals surface area contributed by atoms with E-state index in [4.69, 9.17) is 27.9 Å². The molecule has 0 heterocycles. The number of carbonyl (C=O) groups excluding carboxylic acids is 2. The smallest absolute Gasteiger partial charge is 0.244 e. The zero-order chi connectivity index (χ0) is 19.4. The number of nitrogens with zero attached hydrogens (tertiary/aromatic N) is 1. The van der Waals surface area contributed by atoms with E-state index < -0.39 is 0 Å². The average molecular weight is 395 g/mol. The highest BCUT2D eigenvalue weighted by molar-refractivity contribution is 6.31. The summed E-state index contributed by atoms with van der Waals surface area (Å²) in [6, 6.07) is 8.53. The lowest BCUT2D eigenvalue weighted by molar-refractivity contribution is -0.120. The maximum Gasteiger partial charge on any atom is 0.244 e. The van der Waals surface area contributed by atoms with E-state index in [2.05, 4.69) is 5.32 Å². The minimum absolute atomic E-state index is 0.158. The molecule has 2 rings (SSSR count). The highest BCUT2D eigenvalue weighted by atomic mass is 35.5. The predicted molar refractivity (Wildman–Crippen MR) is 106 cm³/mol. The largest absolute Gasteiger partial charge is 0.495 e. The Hall–Kier alpha value is -2.24. The van der Waals surface area contributed by atoms with E-state index in [0.29, 0.717) is 27.2 Å². The molecular formula is C19H20Cl2N2O3. The molecule has 0 aromatic heterocycles. The van der Waals surface area contributed by atoms with Crippen LogP contribution in [0, 0.1) is 13.8 Å². The van der Waals surface area contributed by atoms with Gasteiger partial charge in [-0.15, -0.1) is 0 Å². The molecule has 0 saturated carbocycles. The number of halogens is 2. The molecular weight excluding hydrogens is 375 g/mol. The van der Waals surface area contributed by atoms with Crippen LogP contribution in [-0.4, -0.2) is 25.5 Å². The number of benzene rings is 2. The lowest BCUT2D eigenvalue weighted by Crippen LogP contribution is -2.37. The summed E-state index contributed by atoms with van der Waals surface area (Å²) in [7, 11) is 1.49. The van der Waals surface area contributed by atoms with Crippen LogP contribution >= 0.6 is 23.2 Å². The second-order valence-electron chi connectivity index (χ2n) is 5.89. The van der Waals surface area contributed by atoms with Crippen molar-refractivity contribution in [3.05, 3.63) is 51.5 Å². The Balaban J connectivity index is 2.27. The van der Waals surface area contributed by atoms with Crippen molar-refractivity contribution >= 4 is 46.4 Å². The number of hydrogen-bond acceptors (Lipinski definition) is 3. The van der Waals surface area contributed by atoms with Gasteiger partial charge in [0.15, 0.2) is 0 Å². The first-order valence-corrected chi connectivity index (χ1v) is 8.66. The number of hydrogen-bond donors (Lipinski definition) is 1. The van der Waals surface area contributed by atoms with Crippen molar-refractivity contribution in [2.75, 3.05) is 23.9 Å². The van der Waals surface area contributed by atoms with Crippen molar-refractivity contribution in [1.82, 2.24) is 0 Å². The van der Waals surface area contributed by atoms with Gasteiger partial charge in [-0.3, -0.25) is 14.5 Å². The summed E-state index contributed by atoms with van der Waals surface area (Å²) in [6.45, 7) is 4.90. The second-order valence-corrected chi connectivity index (χ2v) is 6.73. The topological polar surface area (TPSA) is 58.6 Å². The molecule has 0 atom stereocenters. The molecule has 0 aliphatic rings. The fourth-order valence-electron chi connectivity index (χ4n) is 2.49. The Morgan fingerprint density at radius 3 is 2.38 bits per heavy atom. The highest BCUT2D eigenvalue weighted by Gasteiger charge is 2.21. The normalized spacial score (nSPS) is 10.4. The molecule has 2 aromatic rings. The number of aryl methyl sites for hydroxylation is 2. The van der Waals surface area contributed by atoms with E-state index >= 15 is 0 Å². The molecule has 0 aliphatic heterocycles. The van der Waals surface area contributed by atoms with Gasteiger partial charge in [-0.05, 0) is 49.2 Å². The Morgan fingerprint density at radius 2 is 1.81 bits per heavy atom. The van der Waals surface area contributed by atoms with Crippen molar-refractivity contribution < 1.29 is 14.3 Å². The molecule has 0 saturated heterocycles. The van der Waals surface area contributed by atoms with Crippen LogP contribution < -0.4 is 15.0 Å². The van der Waals surface area contributed by atoms with Gasteiger partial charge < -0.3 is 10.1 Å². The minimum Gasteiger partial charge on any atom is -0.495 e. The van der Waals surface area contributed by atoms with Gasteiger partial charge in [0.2, 0.25) is 11.8 Å². The van der Waals surface area contributed by atoms with Gasteiger partial charge in [0.1, 0.15) is 12.3 Å². The number of nitrogens with one attached hydrogen (secondary N) is 1. The molecule has 5 nitrogen and oxygen atoms in total. The summed E-state index contributed by atoms with van der Waals surface area (Å²) >= 11 is 12.0. The van der Waals surface area contributed by atoms with Crippen molar-refractivity contribution in [1.29, 1.82) is 0 Å². The third-order valence-corrected chi connectivity index (χ3v) is 4.54. The maximum absolute atomic E-state index is 12.5. The van der Waals surface area contributed by atoms with E-state index in [9.17, 15) is 9.59 Å². The first-order valence-electron chi connectivity index (χ1n) is 7.91. The lowest BCUT2D eigenvalue weighted by Gasteiger charge is -2.24. The van der Waals surface area contributed by atoms with Crippen LogP contribution in [0.15, 0.2) is 30.3 Å². The summed E-state index contributed by atoms with van der Waals surface area (Å²) in [5.41, 5.74) is 2.75. The highest BCUT2D eigenvalue weighted by Crippen LogP contribution is 2.34. The zero-order valence-electron chi connectivity index (χ0n) is 15.0. The predicted octanol–water partition coefficient (Wildman–Crippen LogP) is 4.61. The Labute approximate surface area is 162 Å². The lowest BCUT2D eigenvalue weighted by atomic mass is 10.1. The van der Waals surface area contributed by atoms with Gasteiger partial charge in [0.25, 0.3) is 0 Å². The van der Waals surface area contributed by atoms with Crippen LogP contribution in [-0.2, 0) is 9.59 Å². The monoisotopic (exact) mass is 394 g/mol. The quantitative estimate of drug-likeness (QED) is 0.805. The van der Waals surface area contributed by atoms with E-state index in [-0.39, 0.29) is 18.4 Å². The van der Waals surface area contributed by atoms with Crippen molar-refractivity contribution in [2.45, 2.75) is 20.8 Å². The first kappa shape index (κ1) is 20.1. The van der Waals surface area contributed by atoms with Crippen LogP contribution in [0.1, 0.15) is 18.1 Å². The van der Waals surface area contributed by atoms with Gasteiger partial charge in [0, 0.05) is 28.7 Å². The summed E-state index contributed by atoms with van der Waals surface area (Å²) in [5, 5.41) is 3.91. The van der Waals surface area contributed by atoms with E-state index in [1.54, 1.807) is 30.3 Å². The van der Waals surface area contributed by atoms with Crippen LogP contribution in [0.3, 0.4) is 0 Å². The molecule has 0 unspecified atom stereocenters. The van der Waals surface area contributed by atoms with Crippen molar-refractivity contribution in [3.63, 3.8) is 0 Å². The molecule has 26 heavy (non-hydrogen) atoms. The average Bonchev–Trinajstić information content (AvgIpc) is 2.57. The van der Waals surface area contributed by atoms with Gasteiger partial charge in [-0.2, -0.15) is 0 Å². The fraction of sp³-hybridized carbons (Fsp3) is 0.263. The minimum atomic E-state index is -0.333. The van der Waals surface area contributed by atoms with E-state index in [1.165, 1.54) is 18.9 Å². The van der Waals surface area contributed by atoms with Crippen LogP contribution in [0.4, 0.5) is 11.4 Å². The van der Waals surface area contributed by atoms with E-state index in [1.807, 2.05) is 13.8 Å². The second kappa shape index (κ2) is 8.43. The van der Waals surface area contributed by atoms with E-state index in [0.717, 1.165) is 11.1 Å². The third kappa shape index (κ3) is 4.68.